The molecule has 1 aliphatic heterocycles. The summed E-state index contributed by atoms with van der Waals surface area (Å²) in [7, 11) is 0. The first-order valence-electron chi connectivity index (χ1n) is 11.0. The highest BCUT2D eigenvalue weighted by molar-refractivity contribution is 7.71. The van der Waals surface area contributed by atoms with Crippen LogP contribution in [0.3, 0.4) is 0 Å². The lowest BCUT2D eigenvalue weighted by Crippen LogP contribution is -2.32. The number of imidazole rings is 1. The van der Waals surface area contributed by atoms with E-state index in [0.717, 1.165) is 30.1 Å². The molecule has 0 unspecified atom stereocenters. The standard InChI is InChI=1S/C27H27N3S/c31-27-28-25(22-13-6-2-7-14-22)26(23-15-8-3-9-16-23)30(27)20-24-17-10-18-29(24)19-21-11-4-1-5-12-21/h1-9,11-16,24H,10,17-20H2,(H,28,31)/t24-/m0/s1. The number of rotatable bonds is 6. The van der Waals surface area contributed by atoms with Gasteiger partial charge in [0.15, 0.2) is 4.77 Å². The fraction of sp³-hybridized carbons (Fsp3) is 0.222. The van der Waals surface area contributed by atoms with E-state index in [0.29, 0.717) is 6.04 Å². The third kappa shape index (κ3) is 4.27. The summed E-state index contributed by atoms with van der Waals surface area (Å²) in [5.41, 5.74) is 6.02. The van der Waals surface area contributed by atoms with Gasteiger partial charge < -0.3 is 9.55 Å². The molecule has 156 valence electrons. The zero-order valence-electron chi connectivity index (χ0n) is 17.6. The van der Waals surface area contributed by atoms with E-state index in [1.54, 1.807) is 0 Å². The van der Waals surface area contributed by atoms with E-state index in [4.69, 9.17) is 12.2 Å². The van der Waals surface area contributed by atoms with E-state index in [1.807, 2.05) is 0 Å². The maximum Gasteiger partial charge on any atom is 0.178 e. The summed E-state index contributed by atoms with van der Waals surface area (Å²) in [6, 6.07) is 32.4. The van der Waals surface area contributed by atoms with Gasteiger partial charge in [-0.1, -0.05) is 91.0 Å². The zero-order valence-corrected chi connectivity index (χ0v) is 18.4. The van der Waals surface area contributed by atoms with Gasteiger partial charge in [0.2, 0.25) is 0 Å². The van der Waals surface area contributed by atoms with Crippen molar-refractivity contribution in [1.82, 2.24) is 14.5 Å². The molecule has 4 aromatic rings. The second-order valence-corrected chi connectivity index (χ2v) is 8.64. The molecule has 31 heavy (non-hydrogen) atoms. The van der Waals surface area contributed by atoms with Crippen molar-refractivity contribution >= 4 is 12.2 Å². The Morgan fingerprint density at radius 1 is 0.806 bits per heavy atom. The van der Waals surface area contributed by atoms with E-state index < -0.39 is 0 Å². The second kappa shape index (κ2) is 9.04. The summed E-state index contributed by atoms with van der Waals surface area (Å²) in [5.74, 6) is 0. The highest BCUT2D eigenvalue weighted by Gasteiger charge is 2.27. The van der Waals surface area contributed by atoms with Crippen molar-refractivity contribution in [2.24, 2.45) is 0 Å². The van der Waals surface area contributed by atoms with Crippen LogP contribution in [0, 0.1) is 4.77 Å². The van der Waals surface area contributed by atoms with Gasteiger partial charge in [-0.3, -0.25) is 4.90 Å². The fourth-order valence-electron chi connectivity index (χ4n) is 4.69. The Bertz CT molecular complexity index is 1180. The monoisotopic (exact) mass is 425 g/mol. The minimum absolute atomic E-state index is 0.480. The summed E-state index contributed by atoms with van der Waals surface area (Å²) < 4.78 is 3.12. The SMILES string of the molecule is S=c1[nH]c(-c2ccccc2)c(-c2ccccc2)n1C[C@@H]1CCCN1Cc1ccccc1. The predicted octanol–water partition coefficient (Wildman–Crippen LogP) is 6.54. The van der Waals surface area contributed by atoms with Crippen LogP contribution >= 0.6 is 12.2 Å². The van der Waals surface area contributed by atoms with Crippen molar-refractivity contribution in [2.75, 3.05) is 6.54 Å². The van der Waals surface area contributed by atoms with Crippen molar-refractivity contribution in [3.05, 3.63) is 101 Å². The van der Waals surface area contributed by atoms with Gasteiger partial charge in [0.05, 0.1) is 11.4 Å². The number of nitrogens with one attached hydrogen (secondary N) is 1. The number of aromatic amines is 1. The molecular weight excluding hydrogens is 398 g/mol. The fourth-order valence-corrected chi connectivity index (χ4v) is 4.96. The Kier molecular flexibility index (Phi) is 5.83. The van der Waals surface area contributed by atoms with Crippen LogP contribution in [0.15, 0.2) is 91.0 Å². The number of hydrogen-bond donors (Lipinski definition) is 1. The molecule has 1 saturated heterocycles. The van der Waals surface area contributed by atoms with Gasteiger partial charge >= 0.3 is 0 Å². The van der Waals surface area contributed by atoms with Crippen LogP contribution in [0.4, 0.5) is 0 Å². The van der Waals surface area contributed by atoms with Gasteiger partial charge in [0, 0.05) is 30.3 Å². The van der Waals surface area contributed by atoms with Crippen LogP contribution in [-0.2, 0) is 13.1 Å². The van der Waals surface area contributed by atoms with E-state index >= 15 is 0 Å². The van der Waals surface area contributed by atoms with E-state index in [2.05, 4.69) is 105 Å². The molecule has 0 amide bonds. The average molecular weight is 426 g/mol. The predicted molar refractivity (Wildman–Crippen MR) is 130 cm³/mol. The molecule has 0 spiro atoms. The molecular formula is C27H27N3S. The highest BCUT2D eigenvalue weighted by Crippen LogP contribution is 2.33. The summed E-state index contributed by atoms with van der Waals surface area (Å²) in [6.45, 7) is 3.04. The number of benzene rings is 3. The van der Waals surface area contributed by atoms with Crippen molar-refractivity contribution in [1.29, 1.82) is 0 Å². The molecule has 1 aromatic heterocycles. The van der Waals surface area contributed by atoms with Gasteiger partial charge in [-0.05, 0) is 37.2 Å². The number of likely N-dealkylation sites (tertiary alicyclic amines) is 1. The van der Waals surface area contributed by atoms with Crippen LogP contribution in [0.5, 0.6) is 0 Å². The summed E-state index contributed by atoms with van der Waals surface area (Å²) in [4.78, 5) is 6.14. The third-order valence-corrected chi connectivity index (χ3v) is 6.54. The number of aromatic nitrogens is 2. The molecule has 0 radical (unpaired) electrons. The largest absolute Gasteiger partial charge is 0.330 e. The topological polar surface area (TPSA) is 24.0 Å². The van der Waals surface area contributed by atoms with Crippen LogP contribution in [0.25, 0.3) is 22.5 Å². The Morgan fingerprint density at radius 2 is 1.42 bits per heavy atom. The second-order valence-electron chi connectivity index (χ2n) is 8.25. The smallest absolute Gasteiger partial charge is 0.178 e. The lowest BCUT2D eigenvalue weighted by atomic mass is 10.0. The minimum Gasteiger partial charge on any atom is -0.330 e. The number of hydrogen-bond acceptors (Lipinski definition) is 2. The van der Waals surface area contributed by atoms with Crippen LogP contribution < -0.4 is 0 Å². The maximum absolute atomic E-state index is 5.85. The zero-order chi connectivity index (χ0) is 21.0. The molecule has 0 saturated carbocycles. The summed E-state index contributed by atoms with van der Waals surface area (Å²) in [5, 5.41) is 0. The quantitative estimate of drug-likeness (QED) is 0.354. The van der Waals surface area contributed by atoms with E-state index in [-0.39, 0.29) is 0 Å². The normalized spacial score (nSPS) is 16.6. The third-order valence-electron chi connectivity index (χ3n) is 6.21. The molecule has 5 rings (SSSR count). The Balaban J connectivity index is 1.52. The lowest BCUT2D eigenvalue weighted by molar-refractivity contribution is 0.224. The first-order chi connectivity index (χ1) is 15.3. The van der Waals surface area contributed by atoms with Crippen LogP contribution in [0.1, 0.15) is 18.4 Å². The number of nitrogens with zero attached hydrogens (tertiary/aromatic N) is 2. The van der Waals surface area contributed by atoms with Crippen LogP contribution in [0.2, 0.25) is 0 Å². The highest BCUT2D eigenvalue weighted by atomic mass is 32.1. The molecule has 0 bridgehead atoms. The average Bonchev–Trinajstić information content (AvgIpc) is 3.40. The van der Waals surface area contributed by atoms with Crippen molar-refractivity contribution in [3.63, 3.8) is 0 Å². The molecule has 0 aliphatic carbocycles. The van der Waals surface area contributed by atoms with Gasteiger partial charge in [0.1, 0.15) is 0 Å². The van der Waals surface area contributed by atoms with E-state index in [1.165, 1.54) is 35.2 Å². The Hall–Kier alpha value is -2.95. The molecule has 1 atom stereocenters. The van der Waals surface area contributed by atoms with Gasteiger partial charge in [-0.15, -0.1) is 0 Å². The molecule has 3 aromatic carbocycles. The molecule has 1 fully saturated rings. The molecule has 2 heterocycles. The van der Waals surface area contributed by atoms with Gasteiger partial charge in [0.25, 0.3) is 0 Å². The minimum atomic E-state index is 0.480. The molecule has 1 N–H and O–H groups in total. The first kappa shape index (κ1) is 20.0. The van der Waals surface area contributed by atoms with Crippen molar-refractivity contribution in [2.45, 2.75) is 32.0 Å². The Morgan fingerprint density at radius 3 is 2.10 bits per heavy atom. The molecule has 3 nitrogen and oxygen atoms in total. The summed E-state index contributed by atoms with van der Waals surface area (Å²) in [6.07, 6.45) is 2.44. The molecule has 4 heteroatoms. The van der Waals surface area contributed by atoms with Gasteiger partial charge in [-0.2, -0.15) is 0 Å². The van der Waals surface area contributed by atoms with Crippen LogP contribution in [-0.4, -0.2) is 27.0 Å². The Labute approximate surface area is 189 Å². The van der Waals surface area contributed by atoms with Crippen molar-refractivity contribution in [3.8, 4) is 22.5 Å². The maximum atomic E-state index is 5.85. The molecule has 1 aliphatic rings. The summed E-state index contributed by atoms with van der Waals surface area (Å²) >= 11 is 5.85. The van der Waals surface area contributed by atoms with Gasteiger partial charge in [-0.25, -0.2) is 0 Å². The lowest BCUT2D eigenvalue weighted by Gasteiger charge is -2.26. The van der Waals surface area contributed by atoms with Crippen molar-refractivity contribution < 1.29 is 0 Å². The van der Waals surface area contributed by atoms with E-state index in [9.17, 15) is 0 Å². The number of H-pyrrole nitrogens is 1. The first-order valence-corrected chi connectivity index (χ1v) is 11.4.